The molecule has 0 aromatic carbocycles. The van der Waals surface area contributed by atoms with E-state index in [-0.39, 0.29) is 4.47 Å². The number of hydrogen-bond acceptors (Lipinski definition) is 4. The molecule has 0 atom stereocenters. The number of hydrogen-bond donors (Lipinski definition) is 1. The first kappa shape index (κ1) is 12.6. The van der Waals surface area contributed by atoms with Gasteiger partial charge in [0.2, 0.25) is 0 Å². The molecule has 0 aliphatic heterocycles. The molecule has 1 heterocycles. The van der Waals surface area contributed by atoms with E-state index >= 15 is 0 Å². The number of rotatable bonds is 2. The van der Waals surface area contributed by atoms with E-state index in [1.165, 1.54) is 0 Å². The van der Waals surface area contributed by atoms with Gasteiger partial charge in [-0.2, -0.15) is 0 Å². The van der Waals surface area contributed by atoms with Crippen molar-refractivity contribution in [2.45, 2.75) is 11.5 Å². The Bertz CT molecular complexity index is 494. The highest BCUT2D eigenvalue weighted by molar-refractivity contribution is 9.10. The normalized spacial score (nSPS) is 12.1. The van der Waals surface area contributed by atoms with Gasteiger partial charge in [0.1, 0.15) is 0 Å². The largest absolute Gasteiger partial charge is 0.395 e. The summed E-state index contributed by atoms with van der Waals surface area (Å²) >= 11 is 2.76. The summed E-state index contributed by atoms with van der Waals surface area (Å²) in [6, 6.07) is 0. The summed E-state index contributed by atoms with van der Waals surface area (Å²) in [6.07, 6.45) is -2.10. The molecule has 0 aliphatic carbocycles. The first-order valence-electron chi connectivity index (χ1n) is 3.42. The second kappa shape index (κ2) is 4.18. The Labute approximate surface area is 97.0 Å². The molecule has 0 amide bonds. The average Bonchev–Trinajstić information content (AvgIpc) is 2.06. The fraction of sp³-hybridized carbons (Fsp3) is 0.167. The lowest BCUT2D eigenvalue weighted by atomic mass is 10.3. The van der Waals surface area contributed by atoms with Gasteiger partial charge in [0.25, 0.3) is 15.5 Å². The van der Waals surface area contributed by atoms with E-state index in [9.17, 15) is 17.2 Å². The van der Waals surface area contributed by atoms with Gasteiger partial charge >= 0.3 is 0 Å². The molecule has 0 aliphatic rings. The number of aromatic nitrogens is 1. The zero-order valence-electron chi connectivity index (χ0n) is 6.92. The second-order valence-electron chi connectivity index (χ2n) is 2.48. The fourth-order valence-corrected chi connectivity index (χ4v) is 2.36. The van der Waals surface area contributed by atoms with Crippen LogP contribution in [-0.4, -0.2) is 13.4 Å². The molecular formula is C6H4BrClF2N2O2S. The first-order valence-corrected chi connectivity index (χ1v) is 6.52. The minimum absolute atomic E-state index is 0.216. The van der Waals surface area contributed by atoms with Gasteiger partial charge in [-0.15, -0.1) is 0 Å². The number of nitrogen functional groups attached to an aromatic ring is 1. The van der Waals surface area contributed by atoms with Crippen molar-refractivity contribution in [3.63, 3.8) is 0 Å². The van der Waals surface area contributed by atoms with Crippen LogP contribution in [0.3, 0.4) is 0 Å². The third kappa shape index (κ3) is 2.56. The number of pyridine rings is 1. The maximum absolute atomic E-state index is 12.3. The van der Waals surface area contributed by atoms with Crippen molar-refractivity contribution in [2.24, 2.45) is 0 Å². The van der Waals surface area contributed by atoms with Crippen LogP contribution >= 0.6 is 26.6 Å². The summed E-state index contributed by atoms with van der Waals surface area (Å²) in [4.78, 5) is 3.28. The van der Waals surface area contributed by atoms with E-state index in [1.54, 1.807) is 0 Å². The van der Waals surface area contributed by atoms with Crippen molar-refractivity contribution in [3.05, 3.63) is 16.2 Å². The van der Waals surface area contributed by atoms with Gasteiger partial charge in [-0.05, 0) is 15.9 Å². The Kier molecular flexibility index (Phi) is 3.51. The van der Waals surface area contributed by atoms with Gasteiger partial charge in [-0.3, -0.25) is 0 Å². The van der Waals surface area contributed by atoms with Crippen LogP contribution in [-0.2, 0) is 9.05 Å². The molecule has 0 spiro atoms. The molecule has 1 aromatic heterocycles. The fourth-order valence-electron chi connectivity index (χ4n) is 0.850. The van der Waals surface area contributed by atoms with E-state index in [0.29, 0.717) is 6.20 Å². The second-order valence-corrected chi connectivity index (χ2v) is 5.76. The number of alkyl halides is 2. The minimum Gasteiger partial charge on any atom is -0.395 e. The lowest BCUT2D eigenvalue weighted by molar-refractivity contribution is 0.150. The summed E-state index contributed by atoms with van der Waals surface area (Å²) in [7, 11) is 0.852. The Morgan fingerprint density at radius 3 is 2.47 bits per heavy atom. The molecule has 1 rings (SSSR count). The third-order valence-corrected chi connectivity index (χ3v) is 3.62. The predicted molar refractivity (Wildman–Crippen MR) is 54.3 cm³/mol. The van der Waals surface area contributed by atoms with E-state index < -0.39 is 31.8 Å². The number of nitrogens with zero attached hydrogens (tertiary/aromatic N) is 1. The maximum Gasteiger partial charge on any atom is 0.280 e. The molecule has 4 nitrogen and oxygen atoms in total. The highest BCUT2D eigenvalue weighted by Crippen LogP contribution is 2.34. The molecule has 9 heteroatoms. The molecule has 15 heavy (non-hydrogen) atoms. The monoisotopic (exact) mass is 320 g/mol. The van der Waals surface area contributed by atoms with E-state index in [4.69, 9.17) is 16.4 Å². The van der Waals surface area contributed by atoms with Gasteiger partial charge < -0.3 is 5.73 Å². The van der Waals surface area contributed by atoms with Crippen molar-refractivity contribution in [3.8, 4) is 0 Å². The average molecular weight is 322 g/mol. The van der Waals surface area contributed by atoms with Crippen molar-refractivity contribution < 1.29 is 17.2 Å². The van der Waals surface area contributed by atoms with Crippen LogP contribution in [0, 0.1) is 0 Å². The highest BCUT2D eigenvalue weighted by Gasteiger charge is 2.23. The SMILES string of the molecule is Nc1c(S(=O)(=O)Cl)ncc(C(F)F)c1Br. The molecule has 0 radical (unpaired) electrons. The summed E-state index contributed by atoms with van der Waals surface area (Å²) in [5.74, 6) is 0. The zero-order valence-corrected chi connectivity index (χ0v) is 10.1. The van der Waals surface area contributed by atoms with Gasteiger partial charge in [0, 0.05) is 16.9 Å². The third-order valence-electron chi connectivity index (χ3n) is 1.51. The molecule has 1 aromatic rings. The lowest BCUT2D eigenvalue weighted by Crippen LogP contribution is -2.04. The van der Waals surface area contributed by atoms with Gasteiger partial charge in [-0.25, -0.2) is 22.2 Å². The van der Waals surface area contributed by atoms with Gasteiger partial charge in [-0.1, -0.05) is 0 Å². The Hall–Kier alpha value is -0.470. The molecule has 0 bridgehead atoms. The molecule has 0 unspecified atom stereocenters. The lowest BCUT2D eigenvalue weighted by Gasteiger charge is -2.07. The minimum atomic E-state index is -4.14. The maximum atomic E-state index is 12.3. The molecular weight excluding hydrogens is 317 g/mol. The number of anilines is 1. The van der Waals surface area contributed by atoms with Crippen LogP contribution in [0.4, 0.5) is 14.5 Å². The number of nitrogens with two attached hydrogens (primary N) is 1. The zero-order chi connectivity index (χ0) is 11.8. The topological polar surface area (TPSA) is 73.1 Å². The Morgan fingerprint density at radius 2 is 2.07 bits per heavy atom. The summed E-state index contributed by atoms with van der Waals surface area (Å²) in [6.45, 7) is 0. The molecule has 0 fully saturated rings. The molecule has 2 N–H and O–H groups in total. The summed E-state index contributed by atoms with van der Waals surface area (Å²) < 4.78 is 46.2. The first-order chi connectivity index (χ1) is 6.75. The van der Waals surface area contributed by atoms with E-state index in [0.717, 1.165) is 0 Å². The van der Waals surface area contributed by atoms with Crippen molar-refractivity contribution in [2.75, 3.05) is 5.73 Å². The van der Waals surface area contributed by atoms with Crippen molar-refractivity contribution in [1.29, 1.82) is 0 Å². The molecule has 84 valence electrons. The van der Waals surface area contributed by atoms with Crippen LogP contribution < -0.4 is 5.73 Å². The van der Waals surface area contributed by atoms with Crippen LogP contribution in [0.25, 0.3) is 0 Å². The van der Waals surface area contributed by atoms with E-state index in [1.807, 2.05) is 0 Å². The van der Waals surface area contributed by atoms with E-state index in [2.05, 4.69) is 20.9 Å². The molecule has 0 saturated carbocycles. The van der Waals surface area contributed by atoms with Crippen LogP contribution in [0.1, 0.15) is 12.0 Å². The van der Waals surface area contributed by atoms with Gasteiger partial charge in [0.15, 0.2) is 5.03 Å². The van der Waals surface area contributed by atoms with Crippen LogP contribution in [0.15, 0.2) is 15.7 Å². The van der Waals surface area contributed by atoms with Crippen molar-refractivity contribution >= 4 is 41.4 Å². The quantitative estimate of drug-likeness (QED) is 0.848. The summed E-state index contributed by atoms with van der Waals surface area (Å²) in [5, 5.41) is -0.638. The highest BCUT2D eigenvalue weighted by atomic mass is 79.9. The molecule has 0 saturated heterocycles. The smallest absolute Gasteiger partial charge is 0.280 e. The Morgan fingerprint density at radius 1 is 1.53 bits per heavy atom. The van der Waals surface area contributed by atoms with Crippen LogP contribution in [0.5, 0.6) is 0 Å². The standard InChI is InChI=1S/C6H4BrClF2N2O2S/c7-3-2(5(9)10)1-12-6(4(3)11)15(8,13)14/h1,5H,11H2. The van der Waals surface area contributed by atoms with Crippen LogP contribution in [0.2, 0.25) is 0 Å². The number of halogens is 4. The van der Waals surface area contributed by atoms with Gasteiger partial charge in [0.05, 0.1) is 15.7 Å². The summed E-state index contributed by atoms with van der Waals surface area (Å²) in [5.41, 5.74) is 4.38. The predicted octanol–water partition coefficient (Wildman–Crippen LogP) is 2.29. The van der Waals surface area contributed by atoms with Crippen molar-refractivity contribution in [1.82, 2.24) is 4.98 Å². The Balaban J connectivity index is 3.48.